The van der Waals surface area contributed by atoms with Crippen molar-refractivity contribution in [3.63, 3.8) is 0 Å². The number of carbonyl (C=O) groups excluding carboxylic acids is 2. The molecular weight excluding hydrogens is 461 g/mol. The van der Waals surface area contributed by atoms with Crippen molar-refractivity contribution in [1.29, 1.82) is 0 Å². The number of likely N-dealkylation sites (tertiary alicyclic amines) is 1. The normalized spacial score (nSPS) is 16.9. The van der Waals surface area contributed by atoms with E-state index >= 15 is 0 Å². The molecule has 2 aliphatic heterocycles. The topological polar surface area (TPSA) is 78.9 Å². The Kier molecular flexibility index (Phi) is 6.97. The first kappa shape index (κ1) is 24.0. The molecule has 0 unspecified atom stereocenters. The number of esters is 1. The number of piperazine rings is 1. The lowest BCUT2D eigenvalue weighted by atomic mass is 9.96. The van der Waals surface area contributed by atoms with E-state index in [0.717, 1.165) is 16.6 Å². The lowest BCUT2D eigenvalue weighted by Crippen LogP contribution is -2.47. The van der Waals surface area contributed by atoms with Crippen LogP contribution in [0.2, 0.25) is 0 Å². The van der Waals surface area contributed by atoms with Gasteiger partial charge in [-0.05, 0) is 31.9 Å². The fraction of sp³-hybridized carbons (Fsp3) is 0.407. The summed E-state index contributed by atoms with van der Waals surface area (Å²) < 4.78 is 19.4. The quantitative estimate of drug-likeness (QED) is 0.506. The Morgan fingerprint density at radius 2 is 1.53 bits per heavy atom. The summed E-state index contributed by atoms with van der Waals surface area (Å²) in [6.45, 7) is 5.79. The van der Waals surface area contributed by atoms with Gasteiger partial charge in [0.15, 0.2) is 11.5 Å². The highest BCUT2D eigenvalue weighted by Gasteiger charge is 2.31. The average Bonchev–Trinajstić information content (AvgIpc) is 2.93. The fourth-order valence-electron chi connectivity index (χ4n) is 5.08. The molecule has 0 atom stereocenters. The molecule has 0 saturated carbocycles. The summed E-state index contributed by atoms with van der Waals surface area (Å²) in [6, 6.07) is 14.5. The largest absolute Gasteiger partial charge is 0.466 e. The molecule has 2 aromatic carbocycles. The number of amides is 1. The van der Waals surface area contributed by atoms with Crippen molar-refractivity contribution in [2.24, 2.45) is 5.92 Å². The van der Waals surface area contributed by atoms with Crippen LogP contribution in [0.15, 0.2) is 48.5 Å². The molecule has 36 heavy (non-hydrogen) atoms. The van der Waals surface area contributed by atoms with E-state index in [-0.39, 0.29) is 23.6 Å². The van der Waals surface area contributed by atoms with Crippen LogP contribution >= 0.6 is 0 Å². The van der Waals surface area contributed by atoms with E-state index in [1.54, 1.807) is 24.0 Å². The highest BCUT2D eigenvalue weighted by molar-refractivity contribution is 6.07. The molecule has 2 aliphatic rings. The van der Waals surface area contributed by atoms with Crippen LogP contribution < -0.4 is 9.80 Å². The first-order chi connectivity index (χ1) is 17.6. The van der Waals surface area contributed by atoms with Gasteiger partial charge in [0.1, 0.15) is 5.82 Å². The molecule has 3 heterocycles. The van der Waals surface area contributed by atoms with Gasteiger partial charge in [0.05, 0.1) is 18.2 Å². The van der Waals surface area contributed by atoms with E-state index in [9.17, 15) is 14.0 Å². The maximum absolute atomic E-state index is 14.2. The van der Waals surface area contributed by atoms with Crippen LogP contribution in [0, 0.1) is 11.7 Å². The van der Waals surface area contributed by atoms with Gasteiger partial charge in [0, 0.05) is 50.0 Å². The zero-order chi connectivity index (χ0) is 25.1. The van der Waals surface area contributed by atoms with Gasteiger partial charge in [-0.2, -0.15) is 0 Å². The second-order valence-corrected chi connectivity index (χ2v) is 9.16. The van der Waals surface area contributed by atoms with Crippen molar-refractivity contribution < 1.29 is 18.7 Å². The van der Waals surface area contributed by atoms with Gasteiger partial charge in [-0.1, -0.05) is 36.4 Å². The van der Waals surface area contributed by atoms with Gasteiger partial charge in [-0.15, -0.1) is 10.2 Å². The molecular formula is C27H30FN5O3. The molecule has 0 bridgehead atoms. The number of halogens is 1. The highest BCUT2D eigenvalue weighted by atomic mass is 19.1. The Balaban J connectivity index is 1.32. The Labute approximate surface area is 209 Å². The molecule has 8 nitrogen and oxygen atoms in total. The summed E-state index contributed by atoms with van der Waals surface area (Å²) in [7, 11) is 0. The average molecular weight is 492 g/mol. The van der Waals surface area contributed by atoms with Crippen molar-refractivity contribution in [3.05, 3.63) is 60.0 Å². The number of nitrogens with zero attached hydrogens (tertiary/aromatic N) is 5. The second kappa shape index (κ2) is 10.5. The van der Waals surface area contributed by atoms with E-state index in [1.165, 1.54) is 6.07 Å². The van der Waals surface area contributed by atoms with E-state index in [4.69, 9.17) is 4.74 Å². The van der Waals surface area contributed by atoms with Crippen LogP contribution in [-0.4, -0.2) is 72.8 Å². The number of aromatic nitrogens is 2. The SMILES string of the molecule is CCOC(=O)C1CCN(C(=O)c2nnc(N3CCN(c4ccccc4F)CC3)c3ccccc23)CC1. The van der Waals surface area contributed by atoms with Gasteiger partial charge < -0.3 is 19.4 Å². The summed E-state index contributed by atoms with van der Waals surface area (Å²) in [5.74, 6) is -0.00449. The number of anilines is 2. The van der Waals surface area contributed by atoms with E-state index in [1.807, 2.05) is 35.2 Å². The standard InChI is InChI=1S/C27H30FN5O3/c1-2-36-27(35)19-11-13-33(14-12-19)26(34)24-20-7-3-4-8-21(20)25(30-29-24)32-17-15-31(16-18-32)23-10-6-5-9-22(23)28/h3-10,19H,2,11-18H2,1H3. The smallest absolute Gasteiger partial charge is 0.309 e. The Hall–Kier alpha value is -3.75. The molecule has 5 rings (SSSR count). The van der Waals surface area contributed by atoms with Gasteiger partial charge in [-0.25, -0.2) is 4.39 Å². The zero-order valence-electron chi connectivity index (χ0n) is 20.4. The third-order valence-electron chi connectivity index (χ3n) is 7.04. The maximum Gasteiger partial charge on any atom is 0.309 e. The number of rotatable bonds is 5. The van der Waals surface area contributed by atoms with Crippen LogP contribution in [0.1, 0.15) is 30.3 Å². The number of carbonyl (C=O) groups is 2. The number of fused-ring (bicyclic) bond motifs is 1. The summed E-state index contributed by atoms with van der Waals surface area (Å²) in [5.41, 5.74) is 0.940. The summed E-state index contributed by atoms with van der Waals surface area (Å²) >= 11 is 0. The van der Waals surface area contributed by atoms with Crippen molar-refractivity contribution >= 4 is 34.2 Å². The summed E-state index contributed by atoms with van der Waals surface area (Å²) in [6.07, 6.45) is 1.17. The van der Waals surface area contributed by atoms with Crippen molar-refractivity contribution in [1.82, 2.24) is 15.1 Å². The number of ether oxygens (including phenoxy) is 1. The van der Waals surface area contributed by atoms with Crippen LogP contribution in [0.3, 0.4) is 0 Å². The molecule has 1 aromatic heterocycles. The highest BCUT2D eigenvalue weighted by Crippen LogP contribution is 2.29. The predicted molar refractivity (Wildman–Crippen MR) is 136 cm³/mol. The molecule has 9 heteroatoms. The number of hydrogen-bond donors (Lipinski definition) is 0. The molecule has 0 spiro atoms. The molecule has 188 valence electrons. The second-order valence-electron chi connectivity index (χ2n) is 9.16. The first-order valence-electron chi connectivity index (χ1n) is 12.5. The third kappa shape index (κ3) is 4.69. The van der Waals surface area contributed by atoms with Crippen LogP contribution in [-0.2, 0) is 9.53 Å². The number of hydrogen-bond acceptors (Lipinski definition) is 7. The van der Waals surface area contributed by atoms with Crippen molar-refractivity contribution in [3.8, 4) is 0 Å². The van der Waals surface area contributed by atoms with Crippen LogP contribution in [0.25, 0.3) is 10.8 Å². The van der Waals surface area contributed by atoms with E-state index < -0.39 is 0 Å². The molecule has 1 amide bonds. The summed E-state index contributed by atoms with van der Waals surface area (Å²) in [5, 5.41) is 10.5. The minimum atomic E-state index is -0.217. The Morgan fingerprint density at radius 1 is 0.889 bits per heavy atom. The van der Waals surface area contributed by atoms with E-state index in [0.29, 0.717) is 70.1 Å². The molecule has 0 aliphatic carbocycles. The predicted octanol–water partition coefficient (Wildman–Crippen LogP) is 3.51. The Bertz CT molecular complexity index is 1250. The van der Waals surface area contributed by atoms with Crippen LogP contribution in [0.5, 0.6) is 0 Å². The van der Waals surface area contributed by atoms with Crippen molar-refractivity contribution in [2.45, 2.75) is 19.8 Å². The minimum absolute atomic E-state index is 0.165. The number of piperidine rings is 1. The minimum Gasteiger partial charge on any atom is -0.466 e. The molecule has 3 aromatic rings. The lowest BCUT2D eigenvalue weighted by molar-refractivity contribution is -0.149. The Morgan fingerprint density at radius 3 is 2.22 bits per heavy atom. The monoisotopic (exact) mass is 491 g/mol. The van der Waals surface area contributed by atoms with E-state index in [2.05, 4.69) is 15.1 Å². The van der Waals surface area contributed by atoms with Crippen LogP contribution in [0.4, 0.5) is 15.9 Å². The molecule has 2 saturated heterocycles. The number of para-hydroxylation sites is 1. The first-order valence-corrected chi connectivity index (χ1v) is 12.5. The molecule has 2 fully saturated rings. The van der Waals surface area contributed by atoms with Gasteiger partial charge in [0.2, 0.25) is 0 Å². The van der Waals surface area contributed by atoms with Gasteiger partial charge in [0.25, 0.3) is 5.91 Å². The summed E-state index contributed by atoms with van der Waals surface area (Å²) in [4.78, 5) is 31.4. The number of benzene rings is 2. The zero-order valence-corrected chi connectivity index (χ0v) is 20.4. The fourth-order valence-corrected chi connectivity index (χ4v) is 5.08. The van der Waals surface area contributed by atoms with Gasteiger partial charge >= 0.3 is 5.97 Å². The third-order valence-corrected chi connectivity index (χ3v) is 7.04. The molecule has 0 radical (unpaired) electrons. The van der Waals surface area contributed by atoms with Crippen molar-refractivity contribution in [2.75, 3.05) is 55.7 Å². The maximum atomic E-state index is 14.2. The lowest BCUT2D eigenvalue weighted by Gasteiger charge is -2.37. The molecule has 0 N–H and O–H groups in total. The van der Waals surface area contributed by atoms with Gasteiger partial charge in [-0.3, -0.25) is 9.59 Å².